The quantitative estimate of drug-likeness (QED) is 0.879. The molecule has 0 aliphatic heterocycles. The lowest BCUT2D eigenvalue weighted by atomic mass is 10.1. The second-order valence-electron chi connectivity index (χ2n) is 3.94. The monoisotopic (exact) mass is 255 g/mol. The number of rotatable bonds is 5. The van der Waals surface area contributed by atoms with Crippen LogP contribution in [0.2, 0.25) is 5.02 Å². The van der Waals surface area contributed by atoms with Gasteiger partial charge < -0.3 is 10.1 Å². The number of benzene rings is 1. The second-order valence-corrected chi connectivity index (χ2v) is 4.38. The Balaban J connectivity index is 2.85. The molecule has 3 nitrogen and oxygen atoms in total. The molecule has 1 aromatic carbocycles. The van der Waals surface area contributed by atoms with Gasteiger partial charge in [-0.3, -0.25) is 4.79 Å². The van der Waals surface area contributed by atoms with Crippen molar-refractivity contribution in [2.75, 3.05) is 13.7 Å². The SMILES string of the molecule is CCCNC(=O)Cc1cc(Cl)cc(C)c1OC. The van der Waals surface area contributed by atoms with Crippen molar-refractivity contribution in [1.82, 2.24) is 5.32 Å². The molecule has 94 valence electrons. The molecule has 0 bridgehead atoms. The van der Waals surface area contributed by atoms with Gasteiger partial charge >= 0.3 is 0 Å². The number of hydrogen-bond acceptors (Lipinski definition) is 2. The van der Waals surface area contributed by atoms with Crippen molar-refractivity contribution in [2.24, 2.45) is 0 Å². The molecule has 0 aliphatic carbocycles. The highest BCUT2D eigenvalue weighted by Crippen LogP contribution is 2.27. The summed E-state index contributed by atoms with van der Waals surface area (Å²) in [6.45, 7) is 4.63. The van der Waals surface area contributed by atoms with E-state index < -0.39 is 0 Å². The van der Waals surface area contributed by atoms with Crippen LogP contribution in [-0.2, 0) is 11.2 Å². The zero-order valence-corrected chi connectivity index (χ0v) is 11.2. The molecule has 17 heavy (non-hydrogen) atoms. The third-order valence-electron chi connectivity index (χ3n) is 2.44. The Morgan fingerprint density at radius 3 is 2.76 bits per heavy atom. The lowest BCUT2D eigenvalue weighted by Gasteiger charge is -2.12. The van der Waals surface area contributed by atoms with Gasteiger partial charge in [-0.15, -0.1) is 0 Å². The Morgan fingerprint density at radius 2 is 2.18 bits per heavy atom. The van der Waals surface area contributed by atoms with E-state index in [1.807, 2.05) is 19.9 Å². The molecule has 1 amide bonds. The number of amides is 1. The molecule has 0 saturated heterocycles. The molecule has 0 saturated carbocycles. The molecule has 0 fully saturated rings. The number of methoxy groups -OCH3 is 1. The van der Waals surface area contributed by atoms with Crippen LogP contribution in [0.4, 0.5) is 0 Å². The Kier molecular flexibility index (Phi) is 5.29. The summed E-state index contributed by atoms with van der Waals surface area (Å²) in [7, 11) is 1.60. The predicted molar refractivity (Wildman–Crippen MR) is 69.7 cm³/mol. The Hall–Kier alpha value is -1.22. The predicted octanol–water partition coefficient (Wildman–Crippen LogP) is 2.73. The first-order valence-electron chi connectivity index (χ1n) is 5.68. The number of aryl methyl sites for hydroxylation is 1. The topological polar surface area (TPSA) is 38.3 Å². The maximum absolute atomic E-state index is 11.7. The van der Waals surface area contributed by atoms with E-state index in [1.54, 1.807) is 13.2 Å². The van der Waals surface area contributed by atoms with Gasteiger partial charge in [0.1, 0.15) is 5.75 Å². The minimum atomic E-state index is -0.00758. The molecular weight excluding hydrogens is 238 g/mol. The summed E-state index contributed by atoms with van der Waals surface area (Å²) >= 11 is 5.98. The van der Waals surface area contributed by atoms with E-state index in [9.17, 15) is 4.79 Å². The Labute approximate surface area is 107 Å². The first kappa shape index (κ1) is 13.8. The number of carbonyl (C=O) groups excluding carboxylic acids is 1. The Morgan fingerprint density at radius 1 is 1.47 bits per heavy atom. The van der Waals surface area contributed by atoms with Crippen LogP contribution in [0.15, 0.2) is 12.1 Å². The normalized spacial score (nSPS) is 10.1. The summed E-state index contributed by atoms with van der Waals surface area (Å²) in [5.41, 5.74) is 1.77. The summed E-state index contributed by atoms with van der Waals surface area (Å²) in [5.74, 6) is 0.730. The number of hydrogen-bond donors (Lipinski definition) is 1. The third-order valence-corrected chi connectivity index (χ3v) is 2.66. The van der Waals surface area contributed by atoms with Gasteiger partial charge in [0.2, 0.25) is 5.91 Å². The molecule has 4 heteroatoms. The standard InChI is InChI=1S/C13H18ClNO2/c1-4-5-15-12(16)8-10-7-11(14)6-9(2)13(10)17-3/h6-7H,4-5,8H2,1-3H3,(H,15,16). The zero-order valence-electron chi connectivity index (χ0n) is 10.5. The van der Waals surface area contributed by atoms with Crippen molar-refractivity contribution in [2.45, 2.75) is 26.7 Å². The van der Waals surface area contributed by atoms with Gasteiger partial charge in [0.25, 0.3) is 0 Å². The van der Waals surface area contributed by atoms with Crippen LogP contribution in [0.25, 0.3) is 0 Å². The van der Waals surface area contributed by atoms with Crippen molar-refractivity contribution in [3.05, 3.63) is 28.3 Å². The number of halogens is 1. The molecule has 0 spiro atoms. The fraction of sp³-hybridized carbons (Fsp3) is 0.462. The van der Waals surface area contributed by atoms with Gasteiger partial charge in [0.15, 0.2) is 0 Å². The highest BCUT2D eigenvalue weighted by atomic mass is 35.5. The van der Waals surface area contributed by atoms with Gasteiger partial charge in [-0.2, -0.15) is 0 Å². The first-order valence-corrected chi connectivity index (χ1v) is 6.06. The summed E-state index contributed by atoms with van der Waals surface area (Å²) in [5, 5.41) is 3.46. The molecule has 0 aromatic heterocycles. The van der Waals surface area contributed by atoms with Gasteiger partial charge in [-0.25, -0.2) is 0 Å². The highest BCUT2D eigenvalue weighted by molar-refractivity contribution is 6.30. The van der Waals surface area contributed by atoms with E-state index in [-0.39, 0.29) is 5.91 Å². The van der Waals surface area contributed by atoms with Crippen LogP contribution in [0.1, 0.15) is 24.5 Å². The molecule has 0 heterocycles. The third kappa shape index (κ3) is 3.93. The van der Waals surface area contributed by atoms with Crippen LogP contribution in [0.3, 0.4) is 0 Å². The summed E-state index contributed by atoms with van der Waals surface area (Å²) in [4.78, 5) is 11.7. The summed E-state index contributed by atoms with van der Waals surface area (Å²) in [6.07, 6.45) is 1.22. The minimum Gasteiger partial charge on any atom is -0.496 e. The maximum atomic E-state index is 11.7. The van der Waals surface area contributed by atoms with E-state index >= 15 is 0 Å². The van der Waals surface area contributed by atoms with Crippen LogP contribution >= 0.6 is 11.6 Å². The van der Waals surface area contributed by atoms with Gasteiger partial charge in [0, 0.05) is 17.1 Å². The van der Waals surface area contributed by atoms with E-state index in [0.29, 0.717) is 18.0 Å². The number of carbonyl (C=O) groups is 1. The smallest absolute Gasteiger partial charge is 0.224 e. The molecule has 1 N–H and O–H groups in total. The van der Waals surface area contributed by atoms with Gasteiger partial charge in [-0.05, 0) is 31.0 Å². The van der Waals surface area contributed by atoms with Crippen LogP contribution < -0.4 is 10.1 Å². The molecular formula is C13H18ClNO2. The van der Waals surface area contributed by atoms with Crippen molar-refractivity contribution >= 4 is 17.5 Å². The molecule has 0 atom stereocenters. The molecule has 1 rings (SSSR count). The van der Waals surface area contributed by atoms with E-state index in [1.165, 1.54) is 0 Å². The molecule has 0 unspecified atom stereocenters. The Bertz CT molecular complexity index is 405. The second kappa shape index (κ2) is 6.50. The lowest BCUT2D eigenvalue weighted by molar-refractivity contribution is -0.120. The van der Waals surface area contributed by atoms with Gasteiger partial charge in [0.05, 0.1) is 13.5 Å². The lowest BCUT2D eigenvalue weighted by Crippen LogP contribution is -2.25. The van der Waals surface area contributed by atoms with Crippen molar-refractivity contribution < 1.29 is 9.53 Å². The maximum Gasteiger partial charge on any atom is 0.224 e. The zero-order chi connectivity index (χ0) is 12.8. The molecule has 1 aromatic rings. The highest BCUT2D eigenvalue weighted by Gasteiger charge is 2.11. The minimum absolute atomic E-state index is 0.00758. The van der Waals surface area contributed by atoms with E-state index in [0.717, 1.165) is 23.3 Å². The largest absolute Gasteiger partial charge is 0.496 e. The van der Waals surface area contributed by atoms with Crippen LogP contribution in [0, 0.1) is 6.92 Å². The average Bonchev–Trinajstić information content (AvgIpc) is 2.25. The fourth-order valence-electron chi connectivity index (χ4n) is 1.72. The van der Waals surface area contributed by atoms with Crippen molar-refractivity contribution in [3.63, 3.8) is 0 Å². The fourth-order valence-corrected chi connectivity index (χ4v) is 2.02. The van der Waals surface area contributed by atoms with Crippen molar-refractivity contribution in [3.8, 4) is 5.75 Å². The summed E-state index contributed by atoms with van der Waals surface area (Å²) < 4.78 is 5.30. The summed E-state index contributed by atoms with van der Waals surface area (Å²) in [6, 6.07) is 3.60. The molecule has 0 aliphatic rings. The van der Waals surface area contributed by atoms with E-state index in [4.69, 9.17) is 16.3 Å². The van der Waals surface area contributed by atoms with Crippen LogP contribution in [0.5, 0.6) is 5.75 Å². The molecule has 0 radical (unpaired) electrons. The number of nitrogens with one attached hydrogen (secondary N) is 1. The van der Waals surface area contributed by atoms with E-state index in [2.05, 4.69) is 5.32 Å². The average molecular weight is 256 g/mol. The van der Waals surface area contributed by atoms with Gasteiger partial charge in [-0.1, -0.05) is 18.5 Å². The number of ether oxygens (including phenoxy) is 1. The first-order chi connectivity index (χ1) is 8.08. The van der Waals surface area contributed by atoms with Crippen molar-refractivity contribution in [1.29, 1.82) is 0 Å². The van der Waals surface area contributed by atoms with Crippen LogP contribution in [-0.4, -0.2) is 19.6 Å².